The van der Waals surface area contributed by atoms with Gasteiger partial charge in [-0.25, -0.2) is 0 Å². The summed E-state index contributed by atoms with van der Waals surface area (Å²) in [7, 11) is 0. The molecule has 13 heavy (non-hydrogen) atoms. The van der Waals surface area contributed by atoms with Gasteiger partial charge < -0.3 is 5.32 Å². The average molecular weight is 176 g/mol. The largest absolute Gasteiger partial charge is 0.316 e. The number of hydrogen-bond acceptors (Lipinski definition) is 2. The Bertz CT molecular complexity index is 249. The first-order valence-electron chi connectivity index (χ1n) is 4.57. The Morgan fingerprint density at radius 2 is 1.85 bits per heavy atom. The Labute approximate surface area is 79.8 Å². The first-order chi connectivity index (χ1) is 6.38. The number of rotatable bonds is 3. The van der Waals surface area contributed by atoms with Gasteiger partial charge in [0.25, 0.3) is 0 Å². The maximum Gasteiger partial charge on any atom is 0.0302 e. The van der Waals surface area contributed by atoms with Gasteiger partial charge in [0.2, 0.25) is 0 Å². The van der Waals surface area contributed by atoms with Crippen LogP contribution in [-0.4, -0.2) is 19.3 Å². The van der Waals surface area contributed by atoms with E-state index < -0.39 is 0 Å². The summed E-state index contributed by atoms with van der Waals surface area (Å²) in [4.78, 5) is 4.04. The summed E-state index contributed by atoms with van der Waals surface area (Å²) in [5.74, 6) is 0. The molecule has 1 N–H and O–H groups in total. The third-order valence-corrected chi connectivity index (χ3v) is 2.14. The number of aliphatic imine (C=N–C) groups is 1. The maximum absolute atomic E-state index is 4.04. The lowest BCUT2D eigenvalue weighted by Gasteiger charge is -2.01. The molecule has 0 saturated heterocycles. The van der Waals surface area contributed by atoms with Gasteiger partial charge in [-0.15, -0.1) is 0 Å². The van der Waals surface area contributed by atoms with Crippen LogP contribution in [0.3, 0.4) is 0 Å². The molecule has 1 heterocycles. The minimum Gasteiger partial charge on any atom is -0.316 e. The highest BCUT2D eigenvalue weighted by molar-refractivity contribution is 5.81. The summed E-state index contributed by atoms with van der Waals surface area (Å²) in [6.07, 6.45) is 7.45. The quantitative estimate of drug-likeness (QED) is 0.654. The van der Waals surface area contributed by atoms with Crippen LogP contribution in [-0.2, 0) is 0 Å². The molecule has 0 bridgehead atoms. The van der Waals surface area contributed by atoms with Crippen LogP contribution in [0.2, 0.25) is 0 Å². The number of allylic oxidation sites excluding steroid dienone is 1. The zero-order valence-corrected chi connectivity index (χ0v) is 7.92. The van der Waals surface area contributed by atoms with E-state index in [-0.39, 0.29) is 0 Å². The van der Waals surface area contributed by atoms with Crippen molar-refractivity contribution in [3.05, 3.63) is 36.6 Å². The third-order valence-electron chi connectivity index (χ3n) is 2.14. The van der Waals surface area contributed by atoms with Crippen LogP contribution >= 0.6 is 0 Å². The molecule has 0 atom stereocenters. The van der Waals surface area contributed by atoms with Crippen LogP contribution in [0.15, 0.2) is 41.6 Å². The number of nitrogens with zero attached hydrogens (tertiary/aromatic N) is 1. The highest BCUT2D eigenvalue weighted by Gasteiger charge is 2.05. The van der Waals surface area contributed by atoms with Crippen molar-refractivity contribution < 1.29 is 0 Å². The second kappa shape index (κ2) is 5.49. The summed E-state index contributed by atoms with van der Waals surface area (Å²) in [5, 5.41) is 3.34. The first kappa shape index (κ1) is 9.93. The van der Waals surface area contributed by atoms with Gasteiger partial charge in [0.15, 0.2) is 0 Å². The molecular formula is C11H16N2. The van der Waals surface area contributed by atoms with E-state index >= 15 is 0 Å². The van der Waals surface area contributed by atoms with Gasteiger partial charge in [0, 0.05) is 12.4 Å². The Hall–Kier alpha value is -1.15. The van der Waals surface area contributed by atoms with Gasteiger partial charge in [-0.2, -0.15) is 0 Å². The molecule has 0 aromatic rings. The van der Waals surface area contributed by atoms with E-state index in [0.29, 0.717) is 0 Å². The van der Waals surface area contributed by atoms with Crippen molar-refractivity contribution in [1.29, 1.82) is 0 Å². The molecule has 0 amide bonds. The molecule has 1 aliphatic rings. The second-order valence-corrected chi connectivity index (χ2v) is 2.97. The van der Waals surface area contributed by atoms with Crippen molar-refractivity contribution in [2.75, 3.05) is 13.1 Å². The van der Waals surface area contributed by atoms with Gasteiger partial charge >= 0.3 is 0 Å². The molecule has 0 saturated carbocycles. The van der Waals surface area contributed by atoms with Gasteiger partial charge in [-0.3, -0.25) is 4.99 Å². The number of nitrogens with one attached hydrogen (secondary N) is 1. The first-order valence-corrected chi connectivity index (χ1v) is 4.57. The Morgan fingerprint density at radius 1 is 1.15 bits per heavy atom. The molecule has 0 aromatic carbocycles. The molecule has 0 unspecified atom stereocenters. The smallest absolute Gasteiger partial charge is 0.0302 e. The van der Waals surface area contributed by atoms with Crippen LogP contribution in [0, 0.1) is 0 Å². The van der Waals surface area contributed by atoms with Gasteiger partial charge in [0.05, 0.1) is 0 Å². The van der Waals surface area contributed by atoms with Crippen LogP contribution in [0.1, 0.15) is 12.8 Å². The van der Waals surface area contributed by atoms with Crippen LogP contribution in [0.25, 0.3) is 0 Å². The minimum absolute atomic E-state index is 1.02. The summed E-state index contributed by atoms with van der Waals surface area (Å²) < 4.78 is 0. The summed E-state index contributed by atoms with van der Waals surface area (Å²) in [5.41, 5.74) is 2.58. The molecule has 0 fully saturated rings. The normalized spacial score (nSPS) is 18.8. The fourth-order valence-electron chi connectivity index (χ4n) is 1.42. The predicted molar refractivity (Wildman–Crippen MR) is 58.0 cm³/mol. The van der Waals surface area contributed by atoms with E-state index in [0.717, 1.165) is 25.9 Å². The van der Waals surface area contributed by atoms with Crippen molar-refractivity contribution in [2.24, 2.45) is 4.99 Å². The summed E-state index contributed by atoms with van der Waals surface area (Å²) >= 11 is 0. The molecule has 0 aromatic heterocycles. The summed E-state index contributed by atoms with van der Waals surface area (Å²) in [6.45, 7) is 9.43. The maximum atomic E-state index is 4.04. The van der Waals surface area contributed by atoms with E-state index in [4.69, 9.17) is 0 Å². The highest BCUT2D eigenvalue weighted by Crippen LogP contribution is 2.14. The van der Waals surface area contributed by atoms with E-state index in [1.807, 2.05) is 12.3 Å². The molecule has 2 heteroatoms. The second-order valence-electron chi connectivity index (χ2n) is 2.97. The SMILES string of the molecule is C=CN=CC1=C(C=C)CCNCC1. The Kier molecular flexibility index (Phi) is 4.19. The zero-order chi connectivity index (χ0) is 9.52. The molecular weight excluding hydrogens is 160 g/mol. The van der Waals surface area contributed by atoms with E-state index in [1.54, 1.807) is 6.20 Å². The Morgan fingerprint density at radius 3 is 2.46 bits per heavy atom. The third kappa shape index (κ3) is 2.99. The van der Waals surface area contributed by atoms with Gasteiger partial charge in [-0.05, 0) is 37.1 Å². The van der Waals surface area contributed by atoms with Crippen LogP contribution in [0.4, 0.5) is 0 Å². The molecule has 1 rings (SSSR count). The van der Waals surface area contributed by atoms with E-state index in [2.05, 4.69) is 23.5 Å². The predicted octanol–water partition coefficient (Wildman–Crippen LogP) is 2.07. The monoisotopic (exact) mass is 176 g/mol. The summed E-state index contributed by atoms with van der Waals surface area (Å²) in [6, 6.07) is 0. The lowest BCUT2D eigenvalue weighted by molar-refractivity contribution is 0.711. The zero-order valence-electron chi connectivity index (χ0n) is 7.92. The lowest BCUT2D eigenvalue weighted by Crippen LogP contribution is -2.14. The fraction of sp³-hybridized carbons (Fsp3) is 0.364. The van der Waals surface area contributed by atoms with Crippen molar-refractivity contribution in [2.45, 2.75) is 12.8 Å². The fourth-order valence-corrected chi connectivity index (χ4v) is 1.42. The van der Waals surface area contributed by atoms with E-state index in [9.17, 15) is 0 Å². The van der Waals surface area contributed by atoms with Crippen molar-refractivity contribution in [3.63, 3.8) is 0 Å². The topological polar surface area (TPSA) is 24.4 Å². The average Bonchev–Trinajstić information content (AvgIpc) is 2.39. The minimum atomic E-state index is 1.02. The van der Waals surface area contributed by atoms with Crippen molar-refractivity contribution >= 4 is 6.21 Å². The molecule has 2 nitrogen and oxygen atoms in total. The standard InChI is InChI=1S/C11H16N2/c1-3-10-5-7-13-8-6-11(10)9-12-4-2/h3-4,9,13H,1-2,5-8H2. The molecule has 0 spiro atoms. The van der Waals surface area contributed by atoms with Crippen LogP contribution < -0.4 is 5.32 Å². The Balaban J connectivity index is 2.81. The molecule has 70 valence electrons. The van der Waals surface area contributed by atoms with Gasteiger partial charge in [-0.1, -0.05) is 19.2 Å². The van der Waals surface area contributed by atoms with E-state index in [1.165, 1.54) is 11.1 Å². The lowest BCUT2D eigenvalue weighted by atomic mass is 10.0. The molecule has 1 aliphatic heterocycles. The number of hydrogen-bond donors (Lipinski definition) is 1. The molecule has 0 aliphatic carbocycles. The van der Waals surface area contributed by atoms with Crippen LogP contribution in [0.5, 0.6) is 0 Å². The van der Waals surface area contributed by atoms with Crippen molar-refractivity contribution in [1.82, 2.24) is 5.32 Å². The molecule has 0 radical (unpaired) electrons. The van der Waals surface area contributed by atoms with Crippen molar-refractivity contribution in [3.8, 4) is 0 Å². The van der Waals surface area contributed by atoms with Gasteiger partial charge in [0.1, 0.15) is 0 Å². The highest BCUT2D eigenvalue weighted by atomic mass is 14.8.